The Bertz CT molecular complexity index is 720. The molecule has 26 heavy (non-hydrogen) atoms. The second kappa shape index (κ2) is 8.45. The van der Waals surface area contributed by atoms with Gasteiger partial charge in [0.25, 0.3) is 0 Å². The summed E-state index contributed by atoms with van der Waals surface area (Å²) in [5, 5.41) is 10.5. The summed E-state index contributed by atoms with van der Waals surface area (Å²) in [5.74, 6) is 1.29. The van der Waals surface area contributed by atoms with E-state index < -0.39 is 10.0 Å². The minimum atomic E-state index is -3.23. The van der Waals surface area contributed by atoms with Gasteiger partial charge in [-0.15, -0.1) is 0 Å². The van der Waals surface area contributed by atoms with Gasteiger partial charge in [0.2, 0.25) is 21.9 Å². The van der Waals surface area contributed by atoms with Gasteiger partial charge in [0.1, 0.15) is 0 Å². The van der Waals surface area contributed by atoms with Crippen molar-refractivity contribution in [3.63, 3.8) is 0 Å². The zero-order valence-electron chi connectivity index (χ0n) is 15.3. The molecule has 3 heterocycles. The normalized spacial score (nSPS) is 19.7. The number of anilines is 1. The molecule has 1 amide bonds. The number of aromatic nitrogens is 3. The molecule has 2 aliphatic rings. The maximum Gasteiger partial charge on any atom is 0.227 e. The van der Waals surface area contributed by atoms with Gasteiger partial charge >= 0.3 is 0 Å². The van der Waals surface area contributed by atoms with Crippen LogP contribution in [0.4, 0.5) is 5.95 Å². The van der Waals surface area contributed by atoms with Crippen LogP contribution in [0.3, 0.4) is 0 Å². The number of carbonyl (C=O) groups excluding carboxylic acids is 1. The first-order valence-electron chi connectivity index (χ1n) is 9.35. The van der Waals surface area contributed by atoms with E-state index in [1.165, 1.54) is 4.31 Å². The number of nitrogens with zero attached hydrogens (tertiary/aromatic N) is 4. The Morgan fingerprint density at radius 2 is 1.96 bits per heavy atom. The molecule has 9 nitrogen and oxygen atoms in total. The molecule has 1 aromatic heterocycles. The third kappa shape index (κ3) is 4.80. The van der Waals surface area contributed by atoms with E-state index in [1.54, 1.807) is 11.7 Å². The summed E-state index contributed by atoms with van der Waals surface area (Å²) in [7, 11) is -1.48. The number of carbonyl (C=O) groups is 1. The van der Waals surface area contributed by atoms with Gasteiger partial charge in [0, 0.05) is 32.5 Å². The summed E-state index contributed by atoms with van der Waals surface area (Å²) in [4.78, 5) is 16.6. The lowest BCUT2D eigenvalue weighted by Gasteiger charge is -2.19. The van der Waals surface area contributed by atoms with Gasteiger partial charge < -0.3 is 5.32 Å². The van der Waals surface area contributed by atoms with E-state index in [0.717, 1.165) is 44.6 Å². The minimum absolute atomic E-state index is 0.0135. The lowest BCUT2D eigenvalue weighted by Crippen LogP contribution is -2.30. The molecule has 0 aliphatic carbocycles. The average Bonchev–Trinajstić information content (AvgIpc) is 3.27. The molecule has 0 unspecified atom stereocenters. The van der Waals surface area contributed by atoms with Crippen LogP contribution >= 0.6 is 0 Å². The molecule has 0 aromatic carbocycles. The monoisotopic (exact) mass is 384 g/mol. The second-order valence-corrected chi connectivity index (χ2v) is 9.10. The molecule has 146 valence electrons. The van der Waals surface area contributed by atoms with E-state index in [4.69, 9.17) is 0 Å². The number of nitrogens with one attached hydrogen (secondary N) is 2. The van der Waals surface area contributed by atoms with Crippen molar-refractivity contribution in [3.8, 4) is 0 Å². The van der Waals surface area contributed by atoms with Crippen LogP contribution in [0.1, 0.15) is 50.3 Å². The van der Waals surface area contributed by atoms with E-state index in [2.05, 4.69) is 20.7 Å². The summed E-state index contributed by atoms with van der Waals surface area (Å²) < 4.78 is 27.4. The van der Waals surface area contributed by atoms with Crippen LogP contribution in [0.25, 0.3) is 0 Å². The van der Waals surface area contributed by atoms with Gasteiger partial charge in [0.05, 0.1) is 5.75 Å². The molecule has 2 N–H and O–H groups in total. The predicted molar refractivity (Wildman–Crippen MR) is 98.3 cm³/mol. The van der Waals surface area contributed by atoms with Crippen molar-refractivity contribution >= 4 is 21.9 Å². The van der Waals surface area contributed by atoms with Crippen LogP contribution in [-0.4, -0.2) is 65.3 Å². The fraction of sp³-hybridized carbons (Fsp3) is 0.812. The first-order chi connectivity index (χ1) is 12.5. The molecule has 1 aromatic rings. The summed E-state index contributed by atoms with van der Waals surface area (Å²) in [5.41, 5.74) is 0. The van der Waals surface area contributed by atoms with Crippen LogP contribution in [0.15, 0.2) is 0 Å². The zero-order valence-corrected chi connectivity index (χ0v) is 16.1. The van der Waals surface area contributed by atoms with Gasteiger partial charge in [-0.1, -0.05) is 0 Å². The molecule has 0 bridgehead atoms. The molecule has 10 heteroatoms. The van der Waals surface area contributed by atoms with E-state index in [-0.39, 0.29) is 18.1 Å². The van der Waals surface area contributed by atoms with Gasteiger partial charge in [-0.3, -0.25) is 10.1 Å². The Labute approximate surface area is 154 Å². The molecule has 2 fully saturated rings. The first-order valence-corrected chi connectivity index (χ1v) is 11.0. The standard InChI is InChI=1S/C16H28N6O3S/c1-21-16(19-15(20-21)13-6-8-17-9-7-13)18-14(23)5-4-12-26(24,25)22-10-2-3-11-22/h13,17H,2-12H2,1H3,(H,18,19,20,23). The lowest BCUT2D eigenvalue weighted by molar-refractivity contribution is -0.116. The van der Waals surface area contributed by atoms with Gasteiger partial charge in [-0.2, -0.15) is 10.1 Å². The smallest absolute Gasteiger partial charge is 0.227 e. The molecular formula is C16H28N6O3S. The van der Waals surface area contributed by atoms with Crippen LogP contribution in [-0.2, 0) is 21.9 Å². The van der Waals surface area contributed by atoms with Gasteiger partial charge in [-0.05, 0) is 45.2 Å². The Hall–Kier alpha value is -1.52. The molecular weight excluding hydrogens is 356 g/mol. The molecule has 0 radical (unpaired) electrons. The van der Waals surface area contributed by atoms with Crippen molar-refractivity contribution in [2.24, 2.45) is 7.05 Å². The Morgan fingerprint density at radius 3 is 2.65 bits per heavy atom. The Balaban J connectivity index is 1.48. The van der Waals surface area contributed by atoms with Crippen molar-refractivity contribution in [1.82, 2.24) is 24.4 Å². The molecule has 3 rings (SSSR count). The molecule has 0 atom stereocenters. The number of hydrogen-bond donors (Lipinski definition) is 2. The van der Waals surface area contributed by atoms with Crippen molar-refractivity contribution in [2.45, 2.75) is 44.4 Å². The summed E-state index contributed by atoms with van der Waals surface area (Å²) >= 11 is 0. The van der Waals surface area contributed by atoms with E-state index in [0.29, 0.717) is 31.4 Å². The van der Waals surface area contributed by atoms with Crippen LogP contribution in [0, 0.1) is 0 Å². The van der Waals surface area contributed by atoms with Crippen LogP contribution in [0.2, 0.25) is 0 Å². The van der Waals surface area contributed by atoms with Crippen molar-refractivity contribution in [1.29, 1.82) is 0 Å². The quantitative estimate of drug-likeness (QED) is 0.705. The van der Waals surface area contributed by atoms with E-state index >= 15 is 0 Å². The van der Waals surface area contributed by atoms with E-state index in [9.17, 15) is 13.2 Å². The van der Waals surface area contributed by atoms with Gasteiger partial charge in [0.15, 0.2) is 5.82 Å². The zero-order chi connectivity index (χ0) is 18.6. The number of hydrogen-bond acceptors (Lipinski definition) is 6. The number of rotatable bonds is 7. The SMILES string of the molecule is Cn1nc(C2CCNCC2)nc1NC(=O)CCCS(=O)(=O)N1CCCC1. The summed E-state index contributed by atoms with van der Waals surface area (Å²) in [6, 6.07) is 0. The lowest BCUT2D eigenvalue weighted by atomic mass is 9.98. The Morgan fingerprint density at radius 1 is 1.27 bits per heavy atom. The van der Waals surface area contributed by atoms with Crippen LogP contribution < -0.4 is 10.6 Å². The number of aryl methyl sites for hydroxylation is 1. The molecule has 2 saturated heterocycles. The third-order valence-corrected chi connectivity index (χ3v) is 6.96. The summed E-state index contributed by atoms with van der Waals surface area (Å²) in [6.07, 6.45) is 4.29. The van der Waals surface area contributed by atoms with Gasteiger partial charge in [-0.25, -0.2) is 17.4 Å². The highest BCUT2D eigenvalue weighted by atomic mass is 32.2. The first kappa shape index (κ1) is 19.2. The number of amides is 1. The third-order valence-electron chi connectivity index (χ3n) is 5.00. The second-order valence-electron chi connectivity index (χ2n) is 7.02. The molecule has 0 saturated carbocycles. The maximum absolute atomic E-state index is 12.2. The number of sulfonamides is 1. The highest BCUT2D eigenvalue weighted by molar-refractivity contribution is 7.89. The average molecular weight is 385 g/mol. The minimum Gasteiger partial charge on any atom is -0.317 e. The molecule has 2 aliphatic heterocycles. The van der Waals surface area contributed by atoms with E-state index in [1.807, 2.05) is 0 Å². The maximum atomic E-state index is 12.2. The summed E-state index contributed by atoms with van der Waals surface area (Å²) in [6.45, 7) is 3.12. The largest absolute Gasteiger partial charge is 0.317 e. The Kier molecular flexibility index (Phi) is 6.25. The predicted octanol–water partition coefficient (Wildman–Crippen LogP) is 0.426. The van der Waals surface area contributed by atoms with Crippen LogP contribution in [0.5, 0.6) is 0 Å². The fourth-order valence-corrected chi connectivity index (χ4v) is 5.05. The van der Waals surface area contributed by atoms with Crippen molar-refractivity contribution < 1.29 is 13.2 Å². The highest BCUT2D eigenvalue weighted by Gasteiger charge is 2.25. The van der Waals surface area contributed by atoms with Crippen molar-refractivity contribution in [2.75, 3.05) is 37.2 Å². The highest BCUT2D eigenvalue weighted by Crippen LogP contribution is 2.23. The number of piperidine rings is 1. The fourth-order valence-electron chi connectivity index (χ4n) is 3.46. The molecule has 0 spiro atoms. The topological polar surface area (TPSA) is 109 Å². The van der Waals surface area contributed by atoms with Crippen molar-refractivity contribution in [3.05, 3.63) is 5.82 Å².